The fourth-order valence-electron chi connectivity index (χ4n) is 4.24. The summed E-state index contributed by atoms with van der Waals surface area (Å²) in [6.07, 6.45) is 3.47. The Balaban J connectivity index is 1.86. The highest BCUT2D eigenvalue weighted by atomic mass is 16.5. The van der Waals surface area contributed by atoms with Gasteiger partial charge >= 0.3 is 0 Å². The molecule has 8 heteroatoms. The van der Waals surface area contributed by atoms with Crippen molar-refractivity contribution in [3.8, 4) is 17.2 Å². The second kappa shape index (κ2) is 10.5. The number of carbonyl (C=O) groups excluding carboxylic acids is 2. The van der Waals surface area contributed by atoms with Gasteiger partial charge < -0.3 is 24.2 Å². The van der Waals surface area contributed by atoms with Crippen LogP contribution in [0, 0.1) is 0 Å². The number of carbonyl (C=O) groups is 2. The van der Waals surface area contributed by atoms with E-state index in [0.717, 1.165) is 5.56 Å². The third-order valence-electron chi connectivity index (χ3n) is 5.88. The number of Topliss-reactive ketones (excluding diaryl/α,β-unsaturated/α-hetero) is 1. The molecule has 0 bridgehead atoms. The molecule has 1 atom stereocenters. The number of pyridine rings is 1. The van der Waals surface area contributed by atoms with Crippen LogP contribution in [0.1, 0.15) is 36.6 Å². The molecule has 1 aliphatic heterocycles. The average molecular weight is 489 g/mol. The van der Waals surface area contributed by atoms with Crippen molar-refractivity contribution in [2.75, 3.05) is 14.2 Å². The van der Waals surface area contributed by atoms with Gasteiger partial charge in [0.05, 0.1) is 32.9 Å². The number of rotatable bonds is 8. The van der Waals surface area contributed by atoms with Crippen LogP contribution in [0.5, 0.6) is 17.2 Å². The van der Waals surface area contributed by atoms with Crippen molar-refractivity contribution < 1.29 is 33.9 Å². The van der Waals surface area contributed by atoms with Crippen LogP contribution in [0.3, 0.4) is 0 Å². The Kier molecular flexibility index (Phi) is 7.24. The highest BCUT2D eigenvalue weighted by molar-refractivity contribution is 6.46. The molecule has 2 heterocycles. The zero-order chi connectivity index (χ0) is 25.8. The van der Waals surface area contributed by atoms with Gasteiger partial charge in [-0.1, -0.05) is 17.9 Å². The summed E-state index contributed by atoms with van der Waals surface area (Å²) in [4.78, 5) is 30.9. The van der Waals surface area contributed by atoms with E-state index >= 15 is 0 Å². The van der Waals surface area contributed by atoms with Crippen LogP contribution in [0.2, 0.25) is 0 Å². The number of ether oxygens (including phenoxy) is 3. The lowest BCUT2D eigenvalue weighted by Crippen LogP contribution is -2.29. The lowest BCUT2D eigenvalue weighted by molar-refractivity contribution is -0.378. The number of ketones is 1. The maximum atomic E-state index is 13.7. The van der Waals surface area contributed by atoms with E-state index in [1.807, 2.05) is 19.9 Å². The molecule has 1 aromatic heterocycles. The van der Waals surface area contributed by atoms with E-state index in [0.29, 0.717) is 22.8 Å². The Hall–Kier alpha value is -4.33. The minimum Gasteiger partial charge on any atom is -0.872 e. The second-order valence-corrected chi connectivity index (χ2v) is 8.62. The number of H-pyrrole nitrogens is 1. The molecular weight excluding hydrogens is 460 g/mol. The topological polar surface area (TPSA) is 102 Å². The number of hydrogen-bond donors (Lipinski definition) is 0. The van der Waals surface area contributed by atoms with Crippen molar-refractivity contribution >= 4 is 17.4 Å². The van der Waals surface area contributed by atoms with Crippen molar-refractivity contribution in [1.29, 1.82) is 0 Å². The van der Waals surface area contributed by atoms with E-state index in [9.17, 15) is 14.7 Å². The predicted molar refractivity (Wildman–Crippen MR) is 130 cm³/mol. The van der Waals surface area contributed by atoms with Gasteiger partial charge in [-0.15, -0.1) is 0 Å². The molecule has 1 unspecified atom stereocenters. The van der Waals surface area contributed by atoms with Crippen molar-refractivity contribution in [3.63, 3.8) is 0 Å². The number of nitrogens with one attached hydrogen (secondary N) is 1. The van der Waals surface area contributed by atoms with E-state index in [1.54, 1.807) is 60.9 Å². The SMILES string of the molecule is COc1ccc(C2C(=C([O-])c3ccc(OC(C)C)cc3)C(=O)C(=O)N2Cc2ccc[nH+]c2)c(OC)c1. The summed E-state index contributed by atoms with van der Waals surface area (Å²) in [5, 5.41) is 13.7. The van der Waals surface area contributed by atoms with Crippen LogP contribution >= 0.6 is 0 Å². The van der Waals surface area contributed by atoms with Crippen LogP contribution in [0.4, 0.5) is 0 Å². The van der Waals surface area contributed by atoms with E-state index in [2.05, 4.69) is 4.98 Å². The molecule has 0 radical (unpaired) electrons. The molecule has 1 aliphatic rings. The zero-order valence-electron chi connectivity index (χ0n) is 20.6. The van der Waals surface area contributed by atoms with Gasteiger partial charge in [-0.3, -0.25) is 9.59 Å². The van der Waals surface area contributed by atoms with Gasteiger partial charge in [0, 0.05) is 28.8 Å². The molecular formula is C28H28N2O6. The standard InChI is InChI=1S/C28H28N2O6/c1-17(2)36-20-9-7-19(8-10-20)26(31)24-25(22-12-11-21(34-3)14-23(22)35-4)30(28(33)27(24)32)16-18-6-5-13-29-15-18/h5-15,17,25,31H,16H2,1-4H3. The summed E-state index contributed by atoms with van der Waals surface area (Å²) in [7, 11) is 3.02. The maximum Gasteiger partial charge on any atom is 0.295 e. The molecule has 1 amide bonds. The number of benzene rings is 2. The predicted octanol–water partition coefficient (Wildman–Crippen LogP) is 2.73. The van der Waals surface area contributed by atoms with Gasteiger partial charge in [0.2, 0.25) is 5.78 Å². The lowest BCUT2D eigenvalue weighted by atomic mass is 9.94. The van der Waals surface area contributed by atoms with Crippen LogP contribution in [-0.2, 0) is 16.1 Å². The fourth-order valence-corrected chi connectivity index (χ4v) is 4.24. The number of hydrogen-bond acceptors (Lipinski definition) is 6. The minimum absolute atomic E-state index is 0.0225. The molecule has 1 fully saturated rings. The Morgan fingerprint density at radius 1 is 1.03 bits per heavy atom. The van der Waals surface area contributed by atoms with Crippen LogP contribution in [0.15, 0.2) is 72.6 Å². The summed E-state index contributed by atoms with van der Waals surface area (Å²) >= 11 is 0. The highest BCUT2D eigenvalue weighted by Crippen LogP contribution is 2.43. The van der Waals surface area contributed by atoms with Crippen molar-refractivity contribution in [1.82, 2.24) is 4.90 Å². The van der Waals surface area contributed by atoms with Gasteiger partial charge in [0.15, 0.2) is 12.4 Å². The quantitative estimate of drug-likeness (QED) is 0.275. The summed E-state index contributed by atoms with van der Waals surface area (Å²) in [6.45, 7) is 3.94. The van der Waals surface area contributed by atoms with Crippen LogP contribution in [0.25, 0.3) is 5.76 Å². The molecule has 1 saturated heterocycles. The van der Waals surface area contributed by atoms with Gasteiger partial charge in [-0.25, -0.2) is 4.98 Å². The first-order valence-electron chi connectivity index (χ1n) is 11.5. The zero-order valence-corrected chi connectivity index (χ0v) is 20.6. The second-order valence-electron chi connectivity index (χ2n) is 8.62. The molecule has 0 spiro atoms. The number of nitrogens with zero attached hydrogens (tertiary/aromatic N) is 1. The summed E-state index contributed by atoms with van der Waals surface area (Å²) < 4.78 is 16.5. The largest absolute Gasteiger partial charge is 0.872 e. The summed E-state index contributed by atoms with van der Waals surface area (Å²) in [6, 6.07) is 14.3. The van der Waals surface area contributed by atoms with Crippen molar-refractivity contribution in [2.45, 2.75) is 32.5 Å². The first kappa shape index (κ1) is 24.8. The third kappa shape index (κ3) is 4.88. The normalized spacial score (nSPS) is 16.9. The molecule has 0 saturated carbocycles. The summed E-state index contributed by atoms with van der Waals surface area (Å²) in [5.74, 6) is -0.540. The first-order valence-corrected chi connectivity index (χ1v) is 11.5. The molecule has 1 N–H and O–H groups in total. The molecule has 186 valence electrons. The molecule has 2 aromatic carbocycles. The Labute approximate surface area is 209 Å². The number of amides is 1. The number of likely N-dealkylation sites (tertiary alicyclic amines) is 1. The molecule has 3 aromatic rings. The Morgan fingerprint density at radius 3 is 2.36 bits per heavy atom. The molecule has 4 rings (SSSR count). The van der Waals surface area contributed by atoms with E-state index in [1.165, 1.54) is 19.1 Å². The smallest absolute Gasteiger partial charge is 0.295 e. The van der Waals surface area contributed by atoms with Gasteiger partial charge in [-0.05, 0) is 49.7 Å². The van der Waals surface area contributed by atoms with Gasteiger partial charge in [0.1, 0.15) is 17.2 Å². The Morgan fingerprint density at radius 2 is 1.75 bits per heavy atom. The molecule has 36 heavy (non-hydrogen) atoms. The van der Waals surface area contributed by atoms with Gasteiger partial charge in [0.25, 0.3) is 5.91 Å². The highest BCUT2D eigenvalue weighted by Gasteiger charge is 2.45. The molecule has 8 nitrogen and oxygen atoms in total. The van der Waals surface area contributed by atoms with Gasteiger partial charge in [-0.2, -0.15) is 0 Å². The van der Waals surface area contributed by atoms with Crippen molar-refractivity contribution in [3.05, 3.63) is 89.3 Å². The average Bonchev–Trinajstić information content (AvgIpc) is 3.13. The first-order chi connectivity index (χ1) is 17.3. The van der Waals surface area contributed by atoms with E-state index in [-0.39, 0.29) is 23.8 Å². The third-order valence-corrected chi connectivity index (χ3v) is 5.88. The monoisotopic (exact) mass is 488 g/mol. The number of methoxy groups -OCH3 is 2. The van der Waals surface area contributed by atoms with Crippen LogP contribution in [-0.4, -0.2) is 36.9 Å². The fraction of sp³-hybridized carbons (Fsp3) is 0.250. The Bertz CT molecular complexity index is 1290. The summed E-state index contributed by atoms with van der Waals surface area (Å²) in [5.41, 5.74) is 1.45. The van der Waals surface area contributed by atoms with Crippen molar-refractivity contribution in [2.24, 2.45) is 0 Å². The number of aromatic amines is 1. The van der Waals surface area contributed by atoms with E-state index in [4.69, 9.17) is 14.2 Å². The maximum absolute atomic E-state index is 13.7. The minimum atomic E-state index is -0.940. The lowest BCUT2D eigenvalue weighted by Gasteiger charge is -2.28. The van der Waals surface area contributed by atoms with Crippen LogP contribution < -0.4 is 24.3 Å². The number of aromatic nitrogens is 1. The van der Waals surface area contributed by atoms with E-state index < -0.39 is 23.5 Å². The molecule has 0 aliphatic carbocycles.